The third-order valence-corrected chi connectivity index (χ3v) is 4.06. The molecule has 0 amide bonds. The molecule has 0 aliphatic rings. The van der Waals surface area contributed by atoms with Gasteiger partial charge in [0, 0.05) is 5.56 Å². The number of carbonyl (C=O) groups excluding carboxylic acids is 2. The van der Waals surface area contributed by atoms with Gasteiger partial charge in [-0.3, -0.25) is 14.2 Å². The van der Waals surface area contributed by atoms with Crippen LogP contribution in [0, 0.1) is 6.92 Å². The van der Waals surface area contributed by atoms with Crippen molar-refractivity contribution in [2.45, 2.75) is 20.4 Å². The van der Waals surface area contributed by atoms with Gasteiger partial charge in [0.2, 0.25) is 5.71 Å². The number of methoxy groups -OCH3 is 1. The molecule has 0 aliphatic carbocycles. The number of fused-ring (bicyclic) bond motifs is 1. The molecule has 0 unspecified atom stereocenters. The molecule has 27 heavy (non-hydrogen) atoms. The zero-order valence-corrected chi connectivity index (χ0v) is 15.1. The number of esters is 1. The van der Waals surface area contributed by atoms with E-state index >= 15 is 0 Å². The van der Waals surface area contributed by atoms with Crippen LogP contribution in [0.1, 0.15) is 33.4 Å². The van der Waals surface area contributed by atoms with E-state index in [0.29, 0.717) is 11.3 Å². The number of hydrogen-bond acceptors (Lipinski definition) is 7. The first-order valence-electron chi connectivity index (χ1n) is 8.29. The summed E-state index contributed by atoms with van der Waals surface area (Å²) in [6.45, 7) is 3.16. The Kier molecular flexibility index (Phi) is 5.07. The highest BCUT2D eigenvalue weighted by Gasteiger charge is 2.24. The normalized spacial score (nSPS) is 10.8. The molecule has 0 aliphatic heterocycles. The number of Topliss-reactive ketones (excluding diaryl/α,β-unsaturated/α-hetero) is 1. The summed E-state index contributed by atoms with van der Waals surface area (Å²) in [5.41, 5.74) is -0.0390. The molecule has 3 rings (SSSR count). The Hall–Kier alpha value is -3.42. The molecule has 140 valence electrons. The van der Waals surface area contributed by atoms with Crippen LogP contribution in [0.5, 0.6) is 5.75 Å². The Morgan fingerprint density at radius 1 is 1.22 bits per heavy atom. The predicted octanol–water partition coefficient (Wildman–Crippen LogP) is 2.37. The number of hydrogen-bond donors (Lipinski definition) is 0. The minimum Gasteiger partial charge on any atom is -0.497 e. The quantitative estimate of drug-likeness (QED) is 0.485. The lowest BCUT2D eigenvalue weighted by Gasteiger charge is -2.06. The van der Waals surface area contributed by atoms with Gasteiger partial charge in [0.1, 0.15) is 28.8 Å². The number of carbonyl (C=O) groups is 2. The fraction of sp³-hybridized carbons (Fsp3) is 0.263. The summed E-state index contributed by atoms with van der Waals surface area (Å²) in [5.74, 6) is -0.0716. The maximum absolute atomic E-state index is 12.8. The van der Waals surface area contributed by atoms with Gasteiger partial charge >= 0.3 is 5.97 Å². The maximum Gasteiger partial charge on any atom is 0.342 e. The summed E-state index contributed by atoms with van der Waals surface area (Å²) in [6, 6.07) is 6.56. The van der Waals surface area contributed by atoms with Gasteiger partial charge in [-0.05, 0) is 38.1 Å². The molecule has 0 radical (unpaired) electrons. The fourth-order valence-electron chi connectivity index (χ4n) is 2.72. The van der Waals surface area contributed by atoms with E-state index in [2.05, 4.69) is 4.98 Å². The van der Waals surface area contributed by atoms with E-state index in [4.69, 9.17) is 13.9 Å². The van der Waals surface area contributed by atoms with Crippen molar-refractivity contribution in [2.75, 3.05) is 13.7 Å². The van der Waals surface area contributed by atoms with E-state index in [1.807, 2.05) is 0 Å². The highest BCUT2D eigenvalue weighted by atomic mass is 16.5. The van der Waals surface area contributed by atoms with Gasteiger partial charge in [-0.25, -0.2) is 9.78 Å². The minimum absolute atomic E-state index is 0.0102. The van der Waals surface area contributed by atoms with Crippen molar-refractivity contribution >= 4 is 22.9 Å². The van der Waals surface area contributed by atoms with E-state index in [1.165, 1.54) is 13.4 Å². The monoisotopic (exact) mass is 370 g/mol. The minimum atomic E-state index is -0.660. The van der Waals surface area contributed by atoms with Crippen molar-refractivity contribution in [3.05, 3.63) is 57.8 Å². The van der Waals surface area contributed by atoms with Crippen LogP contribution in [-0.2, 0) is 11.3 Å². The topological polar surface area (TPSA) is 101 Å². The van der Waals surface area contributed by atoms with Crippen molar-refractivity contribution in [1.29, 1.82) is 0 Å². The summed E-state index contributed by atoms with van der Waals surface area (Å²) < 4.78 is 16.6. The Morgan fingerprint density at radius 2 is 1.93 bits per heavy atom. The van der Waals surface area contributed by atoms with Crippen molar-refractivity contribution in [3.8, 4) is 5.75 Å². The molecule has 0 saturated carbocycles. The molecule has 0 atom stereocenters. The number of benzene rings is 1. The molecule has 0 saturated heterocycles. The molecule has 0 N–H and O–H groups in total. The average Bonchev–Trinajstić information content (AvgIpc) is 3.01. The van der Waals surface area contributed by atoms with Crippen LogP contribution in [-0.4, -0.2) is 35.0 Å². The van der Waals surface area contributed by atoms with Crippen LogP contribution in [0.25, 0.3) is 11.1 Å². The van der Waals surface area contributed by atoms with Gasteiger partial charge in [-0.1, -0.05) is 0 Å². The van der Waals surface area contributed by atoms with Crippen molar-refractivity contribution < 1.29 is 23.5 Å². The summed E-state index contributed by atoms with van der Waals surface area (Å²) in [6.07, 6.45) is 1.23. The van der Waals surface area contributed by atoms with E-state index < -0.39 is 11.5 Å². The second-order valence-electron chi connectivity index (χ2n) is 5.76. The molecule has 0 spiro atoms. The lowest BCUT2D eigenvalue weighted by Crippen LogP contribution is -2.25. The molecule has 0 fully saturated rings. The fourth-order valence-corrected chi connectivity index (χ4v) is 2.72. The van der Waals surface area contributed by atoms with Crippen molar-refractivity contribution in [1.82, 2.24) is 9.55 Å². The standard InChI is InChI=1S/C19H18N2O6/c1-4-26-19(24)15-11(2)27-17-16(15)18(23)21(10-20-17)9-14(22)12-5-7-13(25-3)8-6-12/h5-8,10H,4,9H2,1-3H3. The number of nitrogens with zero attached hydrogens (tertiary/aromatic N) is 2. The van der Waals surface area contributed by atoms with Gasteiger partial charge in [-0.15, -0.1) is 0 Å². The molecule has 2 heterocycles. The first kappa shape index (κ1) is 18.4. The second kappa shape index (κ2) is 7.45. The lowest BCUT2D eigenvalue weighted by atomic mass is 10.1. The Bertz CT molecular complexity index is 1060. The average molecular weight is 370 g/mol. The molecule has 8 nitrogen and oxygen atoms in total. The largest absolute Gasteiger partial charge is 0.497 e. The Labute approximate surface area is 154 Å². The highest BCUT2D eigenvalue weighted by Crippen LogP contribution is 2.22. The van der Waals surface area contributed by atoms with E-state index in [0.717, 1.165) is 4.57 Å². The summed E-state index contributed by atoms with van der Waals surface area (Å²) in [7, 11) is 1.53. The molecule has 8 heteroatoms. The maximum atomic E-state index is 12.8. The molecule has 3 aromatic rings. The molecule has 1 aromatic carbocycles. The van der Waals surface area contributed by atoms with Crippen molar-refractivity contribution in [2.24, 2.45) is 0 Å². The lowest BCUT2D eigenvalue weighted by molar-refractivity contribution is 0.0526. The molecule has 2 aromatic heterocycles. The number of ether oxygens (including phenoxy) is 2. The van der Waals surface area contributed by atoms with Crippen molar-refractivity contribution in [3.63, 3.8) is 0 Å². The van der Waals surface area contributed by atoms with Gasteiger partial charge < -0.3 is 13.9 Å². The van der Waals surface area contributed by atoms with Crippen LogP contribution >= 0.6 is 0 Å². The number of aromatic nitrogens is 2. The van der Waals surface area contributed by atoms with Crippen LogP contribution in [0.4, 0.5) is 0 Å². The molecule has 0 bridgehead atoms. The van der Waals surface area contributed by atoms with Crippen LogP contribution in [0.15, 0.2) is 39.8 Å². The second-order valence-corrected chi connectivity index (χ2v) is 5.76. The van der Waals surface area contributed by atoms with Gasteiger partial charge in [0.15, 0.2) is 5.78 Å². The number of rotatable bonds is 6. The molecular formula is C19H18N2O6. The van der Waals surface area contributed by atoms with Gasteiger partial charge in [0.25, 0.3) is 5.56 Å². The van der Waals surface area contributed by atoms with Crippen LogP contribution < -0.4 is 10.3 Å². The third kappa shape index (κ3) is 3.46. The number of ketones is 1. The van der Waals surface area contributed by atoms with Crippen LogP contribution in [0.3, 0.4) is 0 Å². The Morgan fingerprint density at radius 3 is 2.56 bits per heavy atom. The SMILES string of the molecule is CCOC(=O)c1c(C)oc2ncn(CC(=O)c3ccc(OC)cc3)c(=O)c12. The zero-order chi connectivity index (χ0) is 19.6. The van der Waals surface area contributed by atoms with E-state index in [1.54, 1.807) is 38.1 Å². The summed E-state index contributed by atoms with van der Waals surface area (Å²) >= 11 is 0. The van der Waals surface area contributed by atoms with E-state index in [9.17, 15) is 14.4 Å². The van der Waals surface area contributed by atoms with Gasteiger partial charge in [-0.2, -0.15) is 0 Å². The third-order valence-electron chi connectivity index (χ3n) is 4.06. The highest BCUT2D eigenvalue weighted by molar-refractivity contribution is 6.03. The predicted molar refractivity (Wildman–Crippen MR) is 96.3 cm³/mol. The number of furan rings is 1. The Balaban J connectivity index is 1.98. The first-order valence-corrected chi connectivity index (χ1v) is 8.29. The molecular weight excluding hydrogens is 352 g/mol. The first-order chi connectivity index (χ1) is 13.0. The van der Waals surface area contributed by atoms with Gasteiger partial charge in [0.05, 0.1) is 20.3 Å². The van der Waals surface area contributed by atoms with Crippen LogP contribution in [0.2, 0.25) is 0 Å². The van der Waals surface area contributed by atoms with E-state index in [-0.39, 0.29) is 41.4 Å². The summed E-state index contributed by atoms with van der Waals surface area (Å²) in [5, 5.41) is 0.0102. The summed E-state index contributed by atoms with van der Waals surface area (Å²) in [4.78, 5) is 41.5. The number of aryl methyl sites for hydroxylation is 1. The zero-order valence-electron chi connectivity index (χ0n) is 15.1. The smallest absolute Gasteiger partial charge is 0.342 e.